The molecule has 0 saturated heterocycles. The van der Waals surface area contributed by atoms with E-state index in [0.29, 0.717) is 6.04 Å². The molecule has 19 heavy (non-hydrogen) atoms. The van der Waals surface area contributed by atoms with Gasteiger partial charge in [-0.3, -0.25) is 0 Å². The fraction of sp³-hybridized carbons (Fsp3) is 1.00. The van der Waals surface area contributed by atoms with E-state index < -0.39 is 0 Å². The molecule has 0 aliphatic rings. The van der Waals surface area contributed by atoms with Gasteiger partial charge in [-0.15, -0.1) is 12.2 Å². The monoisotopic (exact) mass is 399 g/mol. The van der Waals surface area contributed by atoms with Gasteiger partial charge in [-0.1, -0.05) is 40.5 Å². The molecule has 0 rings (SSSR count). The molecule has 116 valence electrons. The molecule has 0 amide bonds. The van der Waals surface area contributed by atoms with Crippen molar-refractivity contribution in [2.75, 3.05) is 10.0 Å². The summed E-state index contributed by atoms with van der Waals surface area (Å²) < 4.78 is 2.91. The van der Waals surface area contributed by atoms with Gasteiger partial charge in [0.1, 0.15) is 0 Å². The van der Waals surface area contributed by atoms with Crippen LogP contribution >= 0.6 is 11.8 Å². The minimum atomic E-state index is -0.366. The molecular weight excluding hydrogens is 365 g/mol. The molecule has 0 aromatic carbocycles. The van der Waals surface area contributed by atoms with Crippen molar-refractivity contribution in [1.29, 1.82) is 0 Å². The first kappa shape index (κ1) is 25.0. The van der Waals surface area contributed by atoms with Gasteiger partial charge < -0.3 is 10.2 Å². The SMILES string of the molecule is CCC(C)[O-].CCC(C)[O-].CS[CH2][Sn+2][CH2]CC(C)N. The third kappa shape index (κ3) is 45.4. The molecule has 0 aliphatic carbocycles. The molecule has 0 radical (unpaired) electrons. The van der Waals surface area contributed by atoms with E-state index in [1.165, 1.54) is 14.6 Å². The van der Waals surface area contributed by atoms with Crippen molar-refractivity contribution in [2.24, 2.45) is 5.73 Å². The zero-order valence-electron chi connectivity index (χ0n) is 13.6. The maximum absolute atomic E-state index is 9.90. The number of nitrogens with two attached hydrogens (primary N) is 1. The quantitative estimate of drug-likeness (QED) is 0.521. The zero-order chi connectivity index (χ0) is 15.7. The summed E-state index contributed by atoms with van der Waals surface area (Å²) in [7, 11) is 0. The third-order valence-corrected chi connectivity index (χ3v) is 8.72. The van der Waals surface area contributed by atoms with Crippen molar-refractivity contribution in [1.82, 2.24) is 0 Å². The Balaban J connectivity index is -0.000000219. The molecule has 0 aromatic rings. The summed E-state index contributed by atoms with van der Waals surface area (Å²) in [6.07, 6.45) is 4.21. The van der Waals surface area contributed by atoms with E-state index in [4.69, 9.17) is 5.73 Å². The molecule has 3 unspecified atom stereocenters. The van der Waals surface area contributed by atoms with Crippen LogP contribution < -0.4 is 15.9 Å². The van der Waals surface area contributed by atoms with Gasteiger partial charge in [0.15, 0.2) is 0 Å². The minimum absolute atomic E-state index is 0.0116. The Morgan fingerprint density at radius 1 is 1.05 bits per heavy atom. The normalized spacial score (nSPS) is 13.9. The molecule has 0 aliphatic heterocycles. The van der Waals surface area contributed by atoms with Crippen molar-refractivity contribution in [3.63, 3.8) is 0 Å². The Hall–Kier alpha value is 1.03. The van der Waals surface area contributed by atoms with E-state index in [-0.39, 0.29) is 33.4 Å². The summed E-state index contributed by atoms with van der Waals surface area (Å²) >= 11 is 2.00. The molecule has 0 heterocycles. The summed E-state index contributed by atoms with van der Waals surface area (Å²) in [5.41, 5.74) is 5.60. The van der Waals surface area contributed by atoms with Crippen LogP contribution in [-0.2, 0) is 0 Å². The van der Waals surface area contributed by atoms with Gasteiger partial charge in [0.2, 0.25) is 0 Å². The number of thioether (sulfide) groups is 1. The van der Waals surface area contributed by atoms with Gasteiger partial charge in [-0.2, -0.15) is 0 Å². The van der Waals surface area contributed by atoms with Crippen molar-refractivity contribution in [3.05, 3.63) is 0 Å². The Bertz CT molecular complexity index is 139. The van der Waals surface area contributed by atoms with Crippen LogP contribution in [0.1, 0.15) is 53.9 Å². The topological polar surface area (TPSA) is 72.1 Å². The number of hydrogen-bond donors (Lipinski definition) is 1. The van der Waals surface area contributed by atoms with Crippen molar-refractivity contribution in [3.8, 4) is 0 Å². The summed E-state index contributed by atoms with van der Waals surface area (Å²) in [6.45, 7) is 9.20. The molecule has 2 N–H and O–H groups in total. The molecule has 0 saturated carbocycles. The fourth-order valence-electron chi connectivity index (χ4n) is 0.504. The second-order valence-corrected chi connectivity index (χ2v) is 10.8. The fourth-order valence-corrected chi connectivity index (χ4v) is 5.72. The molecule has 3 nitrogen and oxygen atoms in total. The standard InChI is InChI=1S/C4H10N.2C4H9O.C2H5S.Sn/c3*1-3-4(2)5;1-3-2;/h4H,1,3,5H2,2H3;2*4H,3H2,1-2H3;1H2,2H3;/q;2*-1;;+2. The predicted octanol–water partition coefficient (Wildman–Crippen LogP) is 1.46. The summed E-state index contributed by atoms with van der Waals surface area (Å²) in [4.78, 5) is 0. The van der Waals surface area contributed by atoms with E-state index in [0.717, 1.165) is 12.8 Å². The molecule has 5 heteroatoms. The molecule has 0 spiro atoms. The van der Waals surface area contributed by atoms with Gasteiger partial charge in [0.25, 0.3) is 0 Å². The van der Waals surface area contributed by atoms with E-state index >= 15 is 0 Å². The molecular formula is C14H33NO2SSn. The summed E-state index contributed by atoms with van der Waals surface area (Å²) in [5.74, 6) is 0. The van der Waals surface area contributed by atoms with Crippen LogP contribution in [0.4, 0.5) is 0 Å². The van der Waals surface area contributed by atoms with Crippen LogP contribution in [0.3, 0.4) is 0 Å². The van der Waals surface area contributed by atoms with Crippen molar-refractivity contribution >= 4 is 32.9 Å². The Kier molecular flexibility index (Phi) is 28.1. The van der Waals surface area contributed by atoms with Gasteiger partial charge in [0.05, 0.1) is 0 Å². The first-order valence-electron chi connectivity index (χ1n) is 7.08. The van der Waals surface area contributed by atoms with Gasteiger partial charge >= 0.3 is 72.5 Å². The van der Waals surface area contributed by atoms with E-state index in [9.17, 15) is 10.2 Å². The molecule has 0 aromatic heterocycles. The Morgan fingerprint density at radius 3 is 1.63 bits per heavy atom. The number of rotatable bonds is 7. The summed E-state index contributed by atoms with van der Waals surface area (Å²) in [6, 6.07) is 0.438. The average molecular weight is 398 g/mol. The van der Waals surface area contributed by atoms with Crippen LogP contribution in [0.15, 0.2) is 0 Å². The van der Waals surface area contributed by atoms with Crippen molar-refractivity contribution in [2.45, 2.75) is 76.6 Å². The molecule has 0 fully saturated rings. The van der Waals surface area contributed by atoms with E-state index in [1.807, 2.05) is 25.6 Å². The molecule has 3 atom stereocenters. The van der Waals surface area contributed by atoms with E-state index in [2.05, 4.69) is 13.2 Å². The van der Waals surface area contributed by atoms with Gasteiger partial charge in [0, 0.05) is 0 Å². The van der Waals surface area contributed by atoms with Crippen LogP contribution in [0.2, 0.25) is 4.44 Å². The van der Waals surface area contributed by atoms with Crippen molar-refractivity contribution < 1.29 is 10.2 Å². The maximum atomic E-state index is 9.90. The Labute approximate surface area is 135 Å². The first-order chi connectivity index (χ1) is 8.81. The zero-order valence-corrected chi connectivity index (χ0v) is 17.2. The average Bonchev–Trinajstić information content (AvgIpc) is 2.35. The van der Waals surface area contributed by atoms with E-state index in [1.54, 1.807) is 13.8 Å². The number of hydrogen-bond acceptors (Lipinski definition) is 4. The van der Waals surface area contributed by atoms with Gasteiger partial charge in [-0.05, 0) is 0 Å². The van der Waals surface area contributed by atoms with Crippen LogP contribution in [0.5, 0.6) is 0 Å². The summed E-state index contributed by atoms with van der Waals surface area (Å²) in [5, 5.41) is 19.8. The second-order valence-electron chi connectivity index (χ2n) is 4.64. The van der Waals surface area contributed by atoms with Crippen LogP contribution in [-0.4, -0.2) is 49.4 Å². The predicted molar refractivity (Wildman–Crippen MR) is 86.7 cm³/mol. The van der Waals surface area contributed by atoms with Gasteiger partial charge in [-0.25, -0.2) is 0 Å². The Morgan fingerprint density at radius 2 is 1.42 bits per heavy atom. The first-order valence-corrected chi connectivity index (χ1v) is 12.5. The molecule has 0 bridgehead atoms. The van der Waals surface area contributed by atoms with Crippen LogP contribution in [0, 0.1) is 0 Å². The van der Waals surface area contributed by atoms with Crippen LogP contribution in [0.25, 0.3) is 0 Å². The third-order valence-electron chi connectivity index (χ3n) is 2.17. The second kappa shape index (κ2) is 21.3.